The van der Waals surface area contributed by atoms with Gasteiger partial charge in [0.05, 0.1) is 7.11 Å². The molecule has 0 amide bonds. The van der Waals surface area contributed by atoms with Crippen LogP contribution in [0.5, 0.6) is 5.75 Å². The summed E-state index contributed by atoms with van der Waals surface area (Å²) in [6.07, 6.45) is 3.61. The standard InChI is InChI=1S/C15H13NO2/c1-10-9-16-6-5-13(10)15-8-11-7-12(17-2)3-4-14(11)18-15/h3-9H,1-2H3. The highest BCUT2D eigenvalue weighted by Gasteiger charge is 2.09. The largest absolute Gasteiger partial charge is 0.497 e. The highest BCUT2D eigenvalue weighted by molar-refractivity contribution is 5.84. The number of nitrogens with zero attached hydrogens (tertiary/aromatic N) is 1. The molecule has 0 atom stereocenters. The first-order valence-corrected chi connectivity index (χ1v) is 5.76. The Bertz CT molecular complexity index is 701. The summed E-state index contributed by atoms with van der Waals surface area (Å²) in [6.45, 7) is 2.02. The second-order valence-electron chi connectivity index (χ2n) is 4.21. The minimum Gasteiger partial charge on any atom is -0.497 e. The first-order chi connectivity index (χ1) is 8.78. The van der Waals surface area contributed by atoms with Gasteiger partial charge in [0.25, 0.3) is 0 Å². The van der Waals surface area contributed by atoms with Crippen molar-refractivity contribution >= 4 is 11.0 Å². The maximum absolute atomic E-state index is 5.85. The van der Waals surface area contributed by atoms with Gasteiger partial charge in [-0.25, -0.2) is 0 Å². The molecule has 0 aliphatic rings. The van der Waals surface area contributed by atoms with Gasteiger partial charge < -0.3 is 9.15 Å². The Morgan fingerprint density at radius 1 is 1.17 bits per heavy atom. The van der Waals surface area contributed by atoms with Crippen molar-refractivity contribution in [2.45, 2.75) is 6.92 Å². The average Bonchev–Trinajstić information content (AvgIpc) is 2.81. The molecular formula is C15H13NO2. The lowest BCUT2D eigenvalue weighted by Crippen LogP contribution is -1.81. The molecule has 0 saturated heterocycles. The van der Waals surface area contributed by atoms with E-state index in [0.717, 1.165) is 33.6 Å². The minimum atomic E-state index is 0.835. The van der Waals surface area contributed by atoms with Crippen LogP contribution in [0.15, 0.2) is 47.1 Å². The van der Waals surface area contributed by atoms with Crippen LogP contribution in [-0.4, -0.2) is 12.1 Å². The lowest BCUT2D eigenvalue weighted by molar-refractivity contribution is 0.415. The topological polar surface area (TPSA) is 35.3 Å². The molecule has 0 fully saturated rings. The number of aromatic nitrogens is 1. The van der Waals surface area contributed by atoms with Crippen molar-refractivity contribution in [3.05, 3.63) is 48.3 Å². The predicted molar refractivity (Wildman–Crippen MR) is 70.7 cm³/mol. The van der Waals surface area contributed by atoms with Crippen molar-refractivity contribution in [2.24, 2.45) is 0 Å². The van der Waals surface area contributed by atoms with Gasteiger partial charge in [-0.05, 0) is 42.8 Å². The monoisotopic (exact) mass is 239 g/mol. The van der Waals surface area contributed by atoms with Crippen molar-refractivity contribution in [1.82, 2.24) is 4.98 Å². The molecule has 3 rings (SSSR count). The van der Waals surface area contributed by atoms with Crippen LogP contribution in [0.4, 0.5) is 0 Å². The number of hydrogen-bond donors (Lipinski definition) is 0. The van der Waals surface area contributed by atoms with E-state index in [4.69, 9.17) is 9.15 Å². The Hall–Kier alpha value is -2.29. The summed E-state index contributed by atoms with van der Waals surface area (Å²) in [5.74, 6) is 1.69. The first kappa shape index (κ1) is 10.8. The zero-order chi connectivity index (χ0) is 12.5. The quantitative estimate of drug-likeness (QED) is 0.682. The number of aryl methyl sites for hydroxylation is 1. The molecule has 2 heterocycles. The number of furan rings is 1. The molecule has 0 aliphatic carbocycles. The van der Waals surface area contributed by atoms with Gasteiger partial charge in [0, 0.05) is 23.3 Å². The Morgan fingerprint density at radius 2 is 2.06 bits per heavy atom. The molecular weight excluding hydrogens is 226 g/mol. The number of rotatable bonds is 2. The van der Waals surface area contributed by atoms with E-state index in [2.05, 4.69) is 4.98 Å². The van der Waals surface area contributed by atoms with E-state index >= 15 is 0 Å². The fraction of sp³-hybridized carbons (Fsp3) is 0.133. The van der Waals surface area contributed by atoms with Crippen LogP contribution in [0.2, 0.25) is 0 Å². The van der Waals surface area contributed by atoms with E-state index < -0.39 is 0 Å². The van der Waals surface area contributed by atoms with Crippen LogP contribution in [0.1, 0.15) is 5.56 Å². The zero-order valence-corrected chi connectivity index (χ0v) is 10.3. The molecule has 0 bridgehead atoms. The molecule has 3 nitrogen and oxygen atoms in total. The van der Waals surface area contributed by atoms with Crippen LogP contribution in [-0.2, 0) is 0 Å². The van der Waals surface area contributed by atoms with Crippen LogP contribution in [0.25, 0.3) is 22.3 Å². The normalized spacial score (nSPS) is 10.8. The van der Waals surface area contributed by atoms with E-state index in [1.807, 2.05) is 43.5 Å². The van der Waals surface area contributed by atoms with Gasteiger partial charge in [-0.15, -0.1) is 0 Å². The van der Waals surface area contributed by atoms with E-state index in [0.29, 0.717) is 0 Å². The third-order valence-electron chi connectivity index (χ3n) is 3.01. The second kappa shape index (κ2) is 4.18. The summed E-state index contributed by atoms with van der Waals surface area (Å²) >= 11 is 0. The maximum atomic E-state index is 5.85. The molecule has 0 aliphatic heterocycles. The first-order valence-electron chi connectivity index (χ1n) is 5.76. The van der Waals surface area contributed by atoms with Gasteiger partial charge in [0.1, 0.15) is 17.1 Å². The second-order valence-corrected chi connectivity index (χ2v) is 4.21. The lowest BCUT2D eigenvalue weighted by Gasteiger charge is -1.99. The van der Waals surface area contributed by atoms with Gasteiger partial charge in [-0.1, -0.05) is 0 Å². The Kier molecular flexibility index (Phi) is 2.52. The van der Waals surface area contributed by atoms with Crippen LogP contribution in [0.3, 0.4) is 0 Å². The molecule has 90 valence electrons. The SMILES string of the molecule is COc1ccc2oc(-c3ccncc3C)cc2c1. The lowest BCUT2D eigenvalue weighted by atomic mass is 10.1. The molecule has 0 N–H and O–H groups in total. The molecule has 18 heavy (non-hydrogen) atoms. The number of ether oxygens (including phenoxy) is 1. The number of hydrogen-bond acceptors (Lipinski definition) is 3. The third kappa shape index (κ3) is 1.74. The average molecular weight is 239 g/mol. The Morgan fingerprint density at radius 3 is 2.83 bits per heavy atom. The highest BCUT2D eigenvalue weighted by Crippen LogP contribution is 2.31. The van der Waals surface area contributed by atoms with Crippen molar-refractivity contribution < 1.29 is 9.15 Å². The van der Waals surface area contributed by atoms with Crippen LogP contribution in [0, 0.1) is 6.92 Å². The summed E-state index contributed by atoms with van der Waals surface area (Å²) in [6, 6.07) is 9.78. The number of methoxy groups -OCH3 is 1. The van der Waals surface area contributed by atoms with E-state index in [1.165, 1.54) is 0 Å². The number of benzene rings is 1. The van der Waals surface area contributed by atoms with Gasteiger partial charge >= 0.3 is 0 Å². The van der Waals surface area contributed by atoms with Gasteiger partial charge in [-0.2, -0.15) is 0 Å². The molecule has 2 aromatic heterocycles. The number of fused-ring (bicyclic) bond motifs is 1. The Labute approximate surface area is 105 Å². The zero-order valence-electron chi connectivity index (χ0n) is 10.3. The Balaban J connectivity index is 2.17. The van der Waals surface area contributed by atoms with E-state index in [1.54, 1.807) is 13.3 Å². The maximum Gasteiger partial charge on any atom is 0.135 e. The van der Waals surface area contributed by atoms with Crippen LogP contribution >= 0.6 is 0 Å². The fourth-order valence-corrected chi connectivity index (χ4v) is 2.03. The summed E-state index contributed by atoms with van der Waals surface area (Å²) in [4.78, 5) is 4.09. The minimum absolute atomic E-state index is 0.835. The van der Waals surface area contributed by atoms with Gasteiger partial charge in [0.2, 0.25) is 0 Å². The fourth-order valence-electron chi connectivity index (χ4n) is 2.03. The summed E-state index contributed by atoms with van der Waals surface area (Å²) in [5, 5.41) is 1.04. The summed E-state index contributed by atoms with van der Waals surface area (Å²) in [7, 11) is 1.66. The van der Waals surface area contributed by atoms with Gasteiger partial charge in [-0.3, -0.25) is 4.98 Å². The van der Waals surface area contributed by atoms with Crippen molar-refractivity contribution in [3.63, 3.8) is 0 Å². The van der Waals surface area contributed by atoms with Crippen molar-refractivity contribution in [3.8, 4) is 17.1 Å². The summed E-state index contributed by atoms with van der Waals surface area (Å²) in [5.41, 5.74) is 3.03. The highest BCUT2D eigenvalue weighted by atomic mass is 16.5. The van der Waals surface area contributed by atoms with Crippen molar-refractivity contribution in [1.29, 1.82) is 0 Å². The molecule has 0 unspecified atom stereocenters. The predicted octanol–water partition coefficient (Wildman–Crippen LogP) is 3.81. The molecule has 3 aromatic rings. The van der Waals surface area contributed by atoms with Crippen molar-refractivity contribution in [2.75, 3.05) is 7.11 Å². The van der Waals surface area contributed by atoms with Gasteiger partial charge in [0.15, 0.2) is 0 Å². The molecule has 0 spiro atoms. The molecule has 0 saturated carbocycles. The molecule has 3 heteroatoms. The smallest absolute Gasteiger partial charge is 0.135 e. The third-order valence-corrected chi connectivity index (χ3v) is 3.01. The van der Waals surface area contributed by atoms with Crippen LogP contribution < -0.4 is 4.74 Å². The number of pyridine rings is 1. The van der Waals surface area contributed by atoms with E-state index in [-0.39, 0.29) is 0 Å². The molecule has 0 radical (unpaired) electrons. The summed E-state index contributed by atoms with van der Waals surface area (Å²) < 4.78 is 11.1. The molecule has 1 aromatic carbocycles. The van der Waals surface area contributed by atoms with E-state index in [9.17, 15) is 0 Å².